The van der Waals surface area contributed by atoms with Crippen LogP contribution in [0.3, 0.4) is 0 Å². The van der Waals surface area contributed by atoms with Crippen LogP contribution in [0.5, 0.6) is 0 Å². The van der Waals surface area contributed by atoms with E-state index in [2.05, 4.69) is 25.1 Å². The molecule has 0 saturated carbocycles. The third-order valence-corrected chi connectivity index (χ3v) is 3.90. The van der Waals surface area contributed by atoms with Crippen LogP contribution in [-0.2, 0) is 6.42 Å². The van der Waals surface area contributed by atoms with Gasteiger partial charge in [-0.15, -0.1) is 0 Å². The third-order valence-electron chi connectivity index (χ3n) is 3.41. The van der Waals surface area contributed by atoms with Crippen LogP contribution in [0.2, 0.25) is 0 Å². The summed E-state index contributed by atoms with van der Waals surface area (Å²) < 4.78 is 8.43. The van der Waals surface area contributed by atoms with Gasteiger partial charge in [-0.25, -0.2) is 0 Å². The summed E-state index contributed by atoms with van der Waals surface area (Å²) in [4.78, 5) is 4.53. The van der Waals surface area contributed by atoms with E-state index < -0.39 is 0 Å². The zero-order valence-electron chi connectivity index (χ0n) is 9.63. The maximum absolute atomic E-state index is 4.53. The van der Waals surface area contributed by atoms with Gasteiger partial charge in [0, 0.05) is 17.8 Å². The summed E-state index contributed by atoms with van der Waals surface area (Å²) in [5.41, 5.74) is 3.63. The molecule has 2 atom stereocenters. The predicted molar refractivity (Wildman–Crippen MR) is 67.0 cm³/mol. The molecule has 0 bridgehead atoms. The van der Waals surface area contributed by atoms with Gasteiger partial charge < -0.3 is 5.32 Å². The minimum absolute atomic E-state index is 0.227. The largest absolute Gasteiger partial charge is 0.311 e. The molecule has 0 radical (unpaired) electrons. The lowest BCUT2D eigenvalue weighted by molar-refractivity contribution is 0.463. The Morgan fingerprint density at radius 3 is 3.24 bits per heavy atom. The number of hydrogen-bond acceptors (Lipinski definition) is 5. The fourth-order valence-electron chi connectivity index (χ4n) is 2.63. The van der Waals surface area contributed by atoms with Crippen LogP contribution in [0.15, 0.2) is 24.5 Å². The highest BCUT2D eigenvalue weighted by molar-refractivity contribution is 6.99. The van der Waals surface area contributed by atoms with Crippen LogP contribution in [0.4, 0.5) is 0 Å². The first-order chi connectivity index (χ1) is 8.40. The molecule has 5 heteroatoms. The molecule has 2 aromatic heterocycles. The van der Waals surface area contributed by atoms with Crippen LogP contribution < -0.4 is 5.32 Å². The molecule has 0 spiro atoms. The van der Waals surface area contributed by atoms with Gasteiger partial charge in [0.1, 0.15) is 0 Å². The summed E-state index contributed by atoms with van der Waals surface area (Å²) in [5, 5.41) is 3.35. The van der Waals surface area contributed by atoms with E-state index in [1.807, 2.05) is 25.5 Å². The number of rotatable bonds is 3. The maximum Gasteiger partial charge on any atom is 0.0919 e. The molecule has 0 fully saturated rings. The highest BCUT2D eigenvalue weighted by Gasteiger charge is 2.32. The second-order valence-electron chi connectivity index (χ2n) is 4.29. The molecule has 1 N–H and O–H groups in total. The van der Waals surface area contributed by atoms with Crippen molar-refractivity contribution in [2.24, 2.45) is 0 Å². The van der Waals surface area contributed by atoms with Crippen molar-refractivity contribution < 1.29 is 0 Å². The van der Waals surface area contributed by atoms with E-state index >= 15 is 0 Å². The molecule has 2 unspecified atom stereocenters. The summed E-state index contributed by atoms with van der Waals surface area (Å²) >= 11 is 1.26. The van der Waals surface area contributed by atoms with Crippen LogP contribution in [0, 0.1) is 0 Å². The fraction of sp³-hybridized carbons (Fsp3) is 0.417. The minimum Gasteiger partial charge on any atom is -0.311 e. The lowest BCUT2D eigenvalue weighted by atomic mass is 9.95. The minimum atomic E-state index is 0.227. The standard InChI is InChI=1S/C12H14N4S/c1-13-12(10-7-15-17-16-10)9-5-4-8-3-2-6-14-11(8)9/h2-3,6-7,9,12-13H,4-5H2,1H3. The molecule has 17 heavy (non-hydrogen) atoms. The first-order valence-corrected chi connectivity index (χ1v) is 6.51. The topological polar surface area (TPSA) is 50.7 Å². The van der Waals surface area contributed by atoms with Crippen LogP contribution in [-0.4, -0.2) is 20.8 Å². The molecule has 88 valence electrons. The Hall–Kier alpha value is -1.33. The Balaban J connectivity index is 1.95. The van der Waals surface area contributed by atoms with Crippen molar-refractivity contribution in [1.29, 1.82) is 0 Å². The zero-order chi connectivity index (χ0) is 11.7. The quantitative estimate of drug-likeness (QED) is 0.899. The van der Waals surface area contributed by atoms with Gasteiger partial charge in [0.25, 0.3) is 0 Å². The number of aryl methyl sites for hydroxylation is 1. The first kappa shape index (κ1) is 10.8. The van der Waals surface area contributed by atoms with E-state index in [-0.39, 0.29) is 6.04 Å². The Morgan fingerprint density at radius 2 is 2.47 bits per heavy atom. The lowest BCUT2D eigenvalue weighted by Crippen LogP contribution is -2.23. The molecule has 0 aliphatic heterocycles. The Labute approximate surface area is 104 Å². The van der Waals surface area contributed by atoms with Crippen LogP contribution in [0.1, 0.15) is 35.3 Å². The summed E-state index contributed by atoms with van der Waals surface area (Å²) in [6, 6.07) is 4.42. The normalized spacial score (nSPS) is 20.2. The summed E-state index contributed by atoms with van der Waals surface area (Å²) in [7, 11) is 1.98. The summed E-state index contributed by atoms with van der Waals surface area (Å²) in [6.07, 6.45) is 5.98. The van der Waals surface area contributed by atoms with Gasteiger partial charge in [-0.3, -0.25) is 4.98 Å². The Kier molecular flexibility index (Phi) is 2.86. The van der Waals surface area contributed by atoms with Crippen LogP contribution in [0.25, 0.3) is 0 Å². The van der Waals surface area contributed by atoms with E-state index in [0.29, 0.717) is 5.92 Å². The SMILES string of the molecule is CNC(c1cnsn1)C1CCc2cccnc21. The van der Waals surface area contributed by atoms with Crippen molar-refractivity contribution in [3.05, 3.63) is 41.5 Å². The molecule has 1 aliphatic carbocycles. The van der Waals surface area contributed by atoms with Crippen molar-refractivity contribution >= 4 is 11.7 Å². The van der Waals surface area contributed by atoms with E-state index in [1.165, 1.54) is 23.0 Å². The number of nitrogens with one attached hydrogen (secondary N) is 1. The highest BCUT2D eigenvalue weighted by atomic mass is 32.1. The number of pyridine rings is 1. The molecule has 1 aliphatic rings. The van der Waals surface area contributed by atoms with Gasteiger partial charge in [-0.2, -0.15) is 8.75 Å². The lowest BCUT2D eigenvalue weighted by Gasteiger charge is -2.21. The second kappa shape index (κ2) is 4.50. The van der Waals surface area contributed by atoms with Crippen molar-refractivity contribution in [3.63, 3.8) is 0 Å². The highest BCUT2D eigenvalue weighted by Crippen LogP contribution is 2.39. The Bertz CT molecular complexity index is 497. The van der Waals surface area contributed by atoms with Gasteiger partial charge in [-0.1, -0.05) is 6.07 Å². The summed E-state index contributed by atoms with van der Waals surface area (Å²) in [5.74, 6) is 0.417. The number of hydrogen-bond donors (Lipinski definition) is 1. The van der Waals surface area contributed by atoms with Gasteiger partial charge >= 0.3 is 0 Å². The van der Waals surface area contributed by atoms with Crippen molar-refractivity contribution in [2.75, 3.05) is 7.05 Å². The number of fused-ring (bicyclic) bond motifs is 1. The van der Waals surface area contributed by atoms with Crippen molar-refractivity contribution in [3.8, 4) is 0 Å². The number of aromatic nitrogens is 3. The first-order valence-electron chi connectivity index (χ1n) is 5.78. The molecule has 2 aromatic rings. The predicted octanol–water partition coefficient (Wildman–Crippen LogP) is 1.92. The second-order valence-corrected chi connectivity index (χ2v) is 4.85. The maximum atomic E-state index is 4.53. The van der Waals surface area contributed by atoms with Crippen molar-refractivity contribution in [1.82, 2.24) is 19.0 Å². The van der Waals surface area contributed by atoms with Gasteiger partial charge in [-0.05, 0) is 31.5 Å². The van der Waals surface area contributed by atoms with E-state index in [9.17, 15) is 0 Å². The van der Waals surface area contributed by atoms with Crippen molar-refractivity contribution in [2.45, 2.75) is 24.8 Å². The van der Waals surface area contributed by atoms with E-state index in [0.717, 1.165) is 18.5 Å². The van der Waals surface area contributed by atoms with Gasteiger partial charge in [0.2, 0.25) is 0 Å². The molecule has 2 heterocycles. The van der Waals surface area contributed by atoms with Gasteiger partial charge in [0.05, 0.1) is 29.7 Å². The monoisotopic (exact) mass is 246 g/mol. The molecular formula is C12H14N4S. The van der Waals surface area contributed by atoms with E-state index in [1.54, 1.807) is 0 Å². The number of nitrogens with zero attached hydrogens (tertiary/aromatic N) is 3. The average Bonchev–Trinajstić information content (AvgIpc) is 3.01. The Morgan fingerprint density at radius 1 is 1.53 bits per heavy atom. The molecule has 3 rings (SSSR count). The van der Waals surface area contributed by atoms with Crippen LogP contribution >= 0.6 is 11.7 Å². The number of likely N-dealkylation sites (N-methyl/N-ethyl adjacent to an activating group) is 1. The van der Waals surface area contributed by atoms with E-state index in [4.69, 9.17) is 0 Å². The molecule has 0 aromatic carbocycles. The third kappa shape index (κ3) is 1.85. The molecule has 4 nitrogen and oxygen atoms in total. The smallest absolute Gasteiger partial charge is 0.0919 e. The molecule has 0 saturated heterocycles. The van der Waals surface area contributed by atoms with Gasteiger partial charge in [0.15, 0.2) is 0 Å². The fourth-order valence-corrected chi connectivity index (χ4v) is 3.09. The zero-order valence-corrected chi connectivity index (χ0v) is 10.4. The molecule has 0 amide bonds. The summed E-state index contributed by atoms with van der Waals surface area (Å²) in [6.45, 7) is 0. The molecular weight excluding hydrogens is 232 g/mol. The average molecular weight is 246 g/mol.